The predicted molar refractivity (Wildman–Crippen MR) is 107 cm³/mol. The molecule has 2 heterocycles. The fraction of sp³-hybridized carbons (Fsp3) is 0.619. The Morgan fingerprint density at radius 1 is 1.35 bits per heavy atom. The number of para-hydroxylation sites is 2. The van der Waals surface area contributed by atoms with Gasteiger partial charge in [0.15, 0.2) is 0 Å². The number of nitrogens with one attached hydrogen (secondary N) is 1. The predicted octanol–water partition coefficient (Wildman–Crippen LogP) is 3.83. The number of hydrogen-bond donors (Lipinski definition) is 1. The van der Waals surface area contributed by atoms with Gasteiger partial charge in [0.05, 0.1) is 17.0 Å². The number of nitrogens with zero attached hydrogens (tertiary/aromatic N) is 3. The summed E-state index contributed by atoms with van der Waals surface area (Å²) in [5.41, 5.74) is 2.23. The molecule has 0 spiro atoms. The van der Waals surface area contributed by atoms with Gasteiger partial charge in [-0.05, 0) is 43.7 Å². The van der Waals surface area contributed by atoms with Crippen LogP contribution in [0.1, 0.15) is 46.5 Å². The second-order valence-electron chi connectivity index (χ2n) is 7.81. The summed E-state index contributed by atoms with van der Waals surface area (Å²) in [6.07, 6.45) is 4.12. The fourth-order valence-electron chi connectivity index (χ4n) is 3.75. The molecular weight excluding hydrogens is 324 g/mol. The van der Waals surface area contributed by atoms with Gasteiger partial charge in [-0.25, -0.2) is 4.98 Å². The molecule has 1 amide bonds. The molecule has 1 saturated heterocycles. The summed E-state index contributed by atoms with van der Waals surface area (Å²) in [4.78, 5) is 19.8. The zero-order chi connectivity index (χ0) is 18.5. The van der Waals surface area contributed by atoms with Gasteiger partial charge in [0.2, 0.25) is 11.9 Å². The van der Waals surface area contributed by atoms with Crippen LogP contribution in [0, 0.1) is 11.8 Å². The van der Waals surface area contributed by atoms with Crippen molar-refractivity contribution < 1.29 is 4.79 Å². The Balaban J connectivity index is 1.74. The van der Waals surface area contributed by atoms with Crippen molar-refractivity contribution in [1.29, 1.82) is 0 Å². The monoisotopic (exact) mass is 356 g/mol. The fourth-order valence-corrected chi connectivity index (χ4v) is 3.75. The zero-order valence-corrected chi connectivity index (χ0v) is 16.4. The number of amides is 1. The molecule has 0 unspecified atom stereocenters. The summed E-state index contributed by atoms with van der Waals surface area (Å²) in [7, 11) is 0. The summed E-state index contributed by atoms with van der Waals surface area (Å²) in [5, 5.41) is 3.13. The van der Waals surface area contributed by atoms with Gasteiger partial charge in [0, 0.05) is 26.2 Å². The van der Waals surface area contributed by atoms with Crippen molar-refractivity contribution in [1.82, 2.24) is 14.9 Å². The van der Waals surface area contributed by atoms with Crippen LogP contribution in [-0.4, -0.2) is 35.1 Å². The molecule has 3 rings (SSSR count). The van der Waals surface area contributed by atoms with Crippen LogP contribution in [0.4, 0.5) is 5.95 Å². The first-order chi connectivity index (χ1) is 12.6. The van der Waals surface area contributed by atoms with Crippen LogP contribution in [-0.2, 0) is 11.3 Å². The first kappa shape index (κ1) is 18.7. The van der Waals surface area contributed by atoms with Crippen molar-refractivity contribution in [3.63, 3.8) is 0 Å². The van der Waals surface area contributed by atoms with Crippen LogP contribution >= 0.6 is 0 Å². The van der Waals surface area contributed by atoms with Crippen molar-refractivity contribution >= 4 is 22.9 Å². The Hall–Kier alpha value is -2.04. The van der Waals surface area contributed by atoms with Crippen molar-refractivity contribution in [3.05, 3.63) is 24.3 Å². The molecule has 1 aliphatic heterocycles. The smallest absolute Gasteiger partial charge is 0.224 e. The molecule has 26 heavy (non-hydrogen) atoms. The maximum atomic E-state index is 12.6. The lowest BCUT2D eigenvalue weighted by Gasteiger charge is -2.33. The average Bonchev–Trinajstić information content (AvgIpc) is 3.01. The molecule has 142 valence electrons. The SMILES string of the molecule is CCCn1c(N2CCC[C@@H](C(=O)NCCC(C)C)C2)nc2ccccc21. The maximum Gasteiger partial charge on any atom is 0.224 e. The molecule has 5 nitrogen and oxygen atoms in total. The van der Waals surface area contributed by atoms with Crippen LogP contribution in [0.2, 0.25) is 0 Å². The number of aromatic nitrogens is 2. The Morgan fingerprint density at radius 2 is 2.15 bits per heavy atom. The van der Waals surface area contributed by atoms with Crippen molar-refractivity contribution in [2.75, 3.05) is 24.5 Å². The number of rotatable bonds is 7. The summed E-state index contributed by atoms with van der Waals surface area (Å²) in [6, 6.07) is 8.32. The van der Waals surface area contributed by atoms with Crippen LogP contribution < -0.4 is 10.2 Å². The number of carbonyl (C=O) groups is 1. The van der Waals surface area contributed by atoms with E-state index in [0.29, 0.717) is 5.92 Å². The maximum absolute atomic E-state index is 12.6. The van der Waals surface area contributed by atoms with Gasteiger partial charge in [0.25, 0.3) is 0 Å². The zero-order valence-electron chi connectivity index (χ0n) is 16.4. The van der Waals surface area contributed by atoms with Gasteiger partial charge in [-0.15, -0.1) is 0 Å². The third-order valence-electron chi connectivity index (χ3n) is 5.18. The van der Waals surface area contributed by atoms with Crippen LogP contribution in [0.3, 0.4) is 0 Å². The highest BCUT2D eigenvalue weighted by molar-refractivity contribution is 5.81. The number of benzene rings is 1. The van der Waals surface area contributed by atoms with E-state index in [1.807, 2.05) is 6.07 Å². The molecule has 0 bridgehead atoms. The van der Waals surface area contributed by atoms with E-state index in [1.165, 1.54) is 5.52 Å². The normalized spacial score (nSPS) is 17.8. The number of piperidine rings is 1. The number of imidazole rings is 1. The standard InChI is InChI=1S/C21H32N4O/c1-4-13-25-19-10-6-5-9-18(19)23-21(25)24-14-7-8-17(15-24)20(26)22-12-11-16(2)3/h5-6,9-10,16-17H,4,7-8,11-15H2,1-3H3,(H,22,26)/t17-/m1/s1. The number of hydrogen-bond acceptors (Lipinski definition) is 3. The minimum absolute atomic E-state index is 0.0609. The first-order valence-electron chi connectivity index (χ1n) is 10.1. The summed E-state index contributed by atoms with van der Waals surface area (Å²) >= 11 is 0. The second kappa shape index (κ2) is 8.56. The Morgan fingerprint density at radius 3 is 2.92 bits per heavy atom. The lowest BCUT2D eigenvalue weighted by Crippen LogP contribution is -2.44. The topological polar surface area (TPSA) is 50.2 Å². The molecule has 1 aromatic carbocycles. The van der Waals surface area contributed by atoms with Crippen LogP contribution in [0.25, 0.3) is 11.0 Å². The second-order valence-corrected chi connectivity index (χ2v) is 7.81. The van der Waals surface area contributed by atoms with Gasteiger partial charge >= 0.3 is 0 Å². The van der Waals surface area contributed by atoms with Gasteiger partial charge in [0.1, 0.15) is 0 Å². The van der Waals surface area contributed by atoms with Crippen LogP contribution in [0.5, 0.6) is 0 Å². The van der Waals surface area contributed by atoms with E-state index < -0.39 is 0 Å². The molecular formula is C21H32N4O. The number of aryl methyl sites for hydroxylation is 1. The molecule has 2 aromatic rings. The van der Waals surface area contributed by atoms with E-state index in [0.717, 1.165) is 63.3 Å². The lowest BCUT2D eigenvalue weighted by molar-refractivity contribution is -0.125. The molecule has 0 saturated carbocycles. The highest BCUT2D eigenvalue weighted by Crippen LogP contribution is 2.27. The highest BCUT2D eigenvalue weighted by Gasteiger charge is 2.28. The Bertz CT molecular complexity index is 737. The van der Waals surface area contributed by atoms with Crippen molar-refractivity contribution in [3.8, 4) is 0 Å². The van der Waals surface area contributed by atoms with E-state index >= 15 is 0 Å². The largest absolute Gasteiger partial charge is 0.356 e. The Labute approximate surface area is 156 Å². The molecule has 1 aliphatic rings. The number of anilines is 1. The van der Waals surface area contributed by atoms with Gasteiger partial charge in [-0.2, -0.15) is 0 Å². The minimum atomic E-state index is 0.0609. The van der Waals surface area contributed by atoms with Gasteiger partial charge in [-0.3, -0.25) is 4.79 Å². The van der Waals surface area contributed by atoms with E-state index in [-0.39, 0.29) is 11.8 Å². The molecule has 1 fully saturated rings. The van der Waals surface area contributed by atoms with Gasteiger partial charge < -0.3 is 14.8 Å². The summed E-state index contributed by atoms with van der Waals surface area (Å²) < 4.78 is 2.31. The molecule has 0 aliphatic carbocycles. The van der Waals surface area contributed by atoms with Crippen molar-refractivity contribution in [2.24, 2.45) is 11.8 Å². The van der Waals surface area contributed by atoms with Gasteiger partial charge in [-0.1, -0.05) is 32.9 Å². The number of carbonyl (C=O) groups excluding carboxylic acids is 1. The summed E-state index contributed by atoms with van der Waals surface area (Å²) in [5.74, 6) is 1.90. The van der Waals surface area contributed by atoms with E-state index in [1.54, 1.807) is 0 Å². The van der Waals surface area contributed by atoms with E-state index in [4.69, 9.17) is 4.98 Å². The number of fused-ring (bicyclic) bond motifs is 1. The molecule has 5 heteroatoms. The molecule has 0 radical (unpaired) electrons. The average molecular weight is 357 g/mol. The lowest BCUT2D eigenvalue weighted by atomic mass is 9.97. The minimum Gasteiger partial charge on any atom is -0.356 e. The highest BCUT2D eigenvalue weighted by atomic mass is 16.1. The molecule has 1 aromatic heterocycles. The third-order valence-corrected chi connectivity index (χ3v) is 5.18. The Kier molecular flexibility index (Phi) is 6.17. The molecule has 1 N–H and O–H groups in total. The van der Waals surface area contributed by atoms with Crippen LogP contribution in [0.15, 0.2) is 24.3 Å². The van der Waals surface area contributed by atoms with Crippen molar-refractivity contribution in [2.45, 2.75) is 53.0 Å². The quantitative estimate of drug-likeness (QED) is 0.820. The molecule has 1 atom stereocenters. The van der Waals surface area contributed by atoms with E-state index in [9.17, 15) is 4.79 Å². The first-order valence-corrected chi connectivity index (χ1v) is 10.1. The summed E-state index contributed by atoms with van der Waals surface area (Å²) in [6.45, 7) is 10.0. The van der Waals surface area contributed by atoms with E-state index in [2.05, 4.69) is 53.8 Å². The third kappa shape index (κ3) is 4.19.